The van der Waals surface area contributed by atoms with E-state index in [1.807, 2.05) is 12.3 Å². The first kappa shape index (κ1) is 8.60. The summed E-state index contributed by atoms with van der Waals surface area (Å²) in [5.41, 5.74) is 1.26. The molecule has 0 aromatic carbocycles. The van der Waals surface area contributed by atoms with Crippen LogP contribution in [0.4, 0.5) is 0 Å². The third-order valence-corrected chi connectivity index (χ3v) is 2.38. The average molecular weight is 167 g/mol. The van der Waals surface area contributed by atoms with Gasteiger partial charge in [-0.25, -0.2) is 0 Å². The van der Waals surface area contributed by atoms with Gasteiger partial charge in [0.15, 0.2) is 0 Å². The van der Waals surface area contributed by atoms with E-state index in [9.17, 15) is 0 Å². The quantitative estimate of drug-likeness (QED) is 0.668. The van der Waals surface area contributed by atoms with E-state index in [0.29, 0.717) is 11.2 Å². The van der Waals surface area contributed by atoms with Gasteiger partial charge < -0.3 is 0 Å². The van der Waals surface area contributed by atoms with Crippen molar-refractivity contribution in [3.8, 4) is 0 Å². The molecule has 0 aliphatic heterocycles. The molecule has 0 radical (unpaired) electrons. The van der Waals surface area contributed by atoms with Crippen LogP contribution >= 0.6 is 12.6 Å². The highest BCUT2D eigenvalue weighted by molar-refractivity contribution is 7.81. The fourth-order valence-electron chi connectivity index (χ4n) is 0.924. The van der Waals surface area contributed by atoms with E-state index in [-0.39, 0.29) is 0 Å². The molecule has 1 heterocycles. The van der Waals surface area contributed by atoms with Crippen LogP contribution in [-0.4, -0.2) is 10.2 Å². The molecule has 0 aliphatic carbocycles. The first-order valence-electron chi connectivity index (χ1n) is 3.80. The molecular formula is C9H13NS. The number of thiol groups is 1. The molecule has 2 atom stereocenters. The van der Waals surface area contributed by atoms with E-state index < -0.39 is 0 Å². The highest BCUT2D eigenvalue weighted by atomic mass is 32.1. The number of rotatable bonds is 2. The maximum absolute atomic E-state index is 4.38. The van der Waals surface area contributed by atoms with Crippen molar-refractivity contribution in [2.24, 2.45) is 0 Å². The molecule has 0 aliphatic rings. The van der Waals surface area contributed by atoms with Gasteiger partial charge in [0, 0.05) is 17.6 Å². The second kappa shape index (κ2) is 3.77. The smallest absolute Gasteiger partial charge is 0.0302 e. The predicted molar refractivity (Wildman–Crippen MR) is 51.1 cm³/mol. The molecule has 1 rings (SSSR count). The summed E-state index contributed by atoms with van der Waals surface area (Å²) in [5, 5.41) is 0.388. The van der Waals surface area contributed by atoms with E-state index >= 15 is 0 Å². The zero-order valence-corrected chi connectivity index (χ0v) is 7.75. The monoisotopic (exact) mass is 167 g/mol. The minimum absolute atomic E-state index is 0.388. The van der Waals surface area contributed by atoms with Crippen molar-refractivity contribution in [1.82, 2.24) is 4.98 Å². The molecule has 11 heavy (non-hydrogen) atoms. The molecule has 2 unspecified atom stereocenters. The lowest BCUT2D eigenvalue weighted by Crippen LogP contribution is -2.04. The second-order valence-electron chi connectivity index (χ2n) is 2.82. The summed E-state index contributed by atoms with van der Waals surface area (Å²) in [7, 11) is 0. The Morgan fingerprint density at radius 1 is 1.45 bits per heavy atom. The Balaban J connectivity index is 2.77. The average Bonchev–Trinajstić information content (AvgIpc) is 2.05. The maximum Gasteiger partial charge on any atom is 0.0302 e. The maximum atomic E-state index is 4.38. The van der Waals surface area contributed by atoms with Crippen LogP contribution in [0.1, 0.15) is 25.3 Å². The molecule has 0 amide bonds. The molecular weight excluding hydrogens is 154 g/mol. The zero-order chi connectivity index (χ0) is 8.27. The van der Waals surface area contributed by atoms with Gasteiger partial charge in [0.05, 0.1) is 0 Å². The topological polar surface area (TPSA) is 12.9 Å². The first-order chi connectivity index (χ1) is 5.22. The van der Waals surface area contributed by atoms with Crippen LogP contribution in [0.15, 0.2) is 24.5 Å². The van der Waals surface area contributed by atoms with Crippen LogP contribution in [0.5, 0.6) is 0 Å². The minimum Gasteiger partial charge on any atom is -0.264 e. The van der Waals surface area contributed by atoms with E-state index in [1.165, 1.54) is 5.56 Å². The fourth-order valence-corrected chi connectivity index (χ4v) is 1.10. The molecule has 1 nitrogen and oxygen atoms in total. The molecule has 0 bridgehead atoms. The Morgan fingerprint density at radius 2 is 2.18 bits per heavy atom. The van der Waals surface area contributed by atoms with Gasteiger partial charge in [-0.1, -0.05) is 19.9 Å². The summed E-state index contributed by atoms with van der Waals surface area (Å²) in [6.07, 6.45) is 3.69. The minimum atomic E-state index is 0.388. The third-order valence-electron chi connectivity index (χ3n) is 1.93. The number of aromatic nitrogens is 1. The number of pyridine rings is 1. The highest BCUT2D eigenvalue weighted by Crippen LogP contribution is 2.20. The van der Waals surface area contributed by atoms with Gasteiger partial charge in [0.2, 0.25) is 0 Å². The molecule has 0 fully saturated rings. The molecule has 60 valence electrons. The molecule has 1 aromatic rings. The van der Waals surface area contributed by atoms with Crippen molar-refractivity contribution in [3.05, 3.63) is 30.1 Å². The van der Waals surface area contributed by atoms with Crippen molar-refractivity contribution >= 4 is 12.6 Å². The number of hydrogen-bond donors (Lipinski definition) is 1. The van der Waals surface area contributed by atoms with Gasteiger partial charge in [-0.05, 0) is 17.5 Å². The summed E-state index contributed by atoms with van der Waals surface area (Å²) >= 11 is 4.38. The summed E-state index contributed by atoms with van der Waals surface area (Å²) in [4.78, 5) is 4.05. The SMILES string of the molecule is CC(S)C(C)c1cccnc1. The van der Waals surface area contributed by atoms with Gasteiger partial charge in [0.1, 0.15) is 0 Å². The Bertz CT molecular complexity index is 208. The molecule has 0 saturated heterocycles. The van der Waals surface area contributed by atoms with Crippen molar-refractivity contribution < 1.29 is 0 Å². The second-order valence-corrected chi connectivity index (χ2v) is 3.63. The Labute approximate surface area is 73.3 Å². The largest absolute Gasteiger partial charge is 0.264 e. The van der Waals surface area contributed by atoms with E-state index in [2.05, 4.69) is 37.5 Å². The Kier molecular flexibility index (Phi) is 2.94. The molecule has 0 N–H and O–H groups in total. The molecule has 0 saturated carbocycles. The third kappa shape index (κ3) is 2.22. The summed E-state index contributed by atoms with van der Waals surface area (Å²) < 4.78 is 0. The van der Waals surface area contributed by atoms with Gasteiger partial charge in [-0.2, -0.15) is 12.6 Å². The van der Waals surface area contributed by atoms with Crippen LogP contribution < -0.4 is 0 Å². The zero-order valence-electron chi connectivity index (χ0n) is 6.86. The van der Waals surface area contributed by atoms with Crippen molar-refractivity contribution in [3.63, 3.8) is 0 Å². The molecule has 0 spiro atoms. The van der Waals surface area contributed by atoms with Crippen LogP contribution in [0.2, 0.25) is 0 Å². The summed E-state index contributed by atoms with van der Waals surface area (Å²) in [6, 6.07) is 4.05. The van der Waals surface area contributed by atoms with Crippen LogP contribution in [-0.2, 0) is 0 Å². The van der Waals surface area contributed by atoms with Gasteiger partial charge in [-0.3, -0.25) is 4.98 Å². The predicted octanol–water partition coefficient (Wildman–Crippen LogP) is 2.50. The standard InChI is InChI=1S/C9H13NS/c1-7(8(2)11)9-4-3-5-10-6-9/h3-8,11H,1-2H3. The Morgan fingerprint density at radius 3 is 2.64 bits per heavy atom. The number of hydrogen-bond acceptors (Lipinski definition) is 2. The lowest BCUT2D eigenvalue weighted by atomic mass is 10.0. The van der Waals surface area contributed by atoms with Crippen LogP contribution in [0.3, 0.4) is 0 Å². The van der Waals surface area contributed by atoms with Gasteiger partial charge >= 0.3 is 0 Å². The first-order valence-corrected chi connectivity index (χ1v) is 4.31. The normalized spacial score (nSPS) is 15.9. The van der Waals surface area contributed by atoms with E-state index in [1.54, 1.807) is 6.20 Å². The van der Waals surface area contributed by atoms with E-state index in [4.69, 9.17) is 0 Å². The summed E-state index contributed by atoms with van der Waals surface area (Å²) in [6.45, 7) is 4.26. The Hall–Kier alpha value is -0.500. The fraction of sp³-hybridized carbons (Fsp3) is 0.444. The van der Waals surface area contributed by atoms with Crippen molar-refractivity contribution in [2.75, 3.05) is 0 Å². The van der Waals surface area contributed by atoms with Gasteiger partial charge in [0.25, 0.3) is 0 Å². The van der Waals surface area contributed by atoms with Crippen LogP contribution in [0.25, 0.3) is 0 Å². The van der Waals surface area contributed by atoms with Crippen molar-refractivity contribution in [2.45, 2.75) is 25.0 Å². The lowest BCUT2D eigenvalue weighted by Gasteiger charge is -2.13. The van der Waals surface area contributed by atoms with E-state index in [0.717, 1.165) is 0 Å². The highest BCUT2D eigenvalue weighted by Gasteiger charge is 2.09. The van der Waals surface area contributed by atoms with Crippen LogP contribution in [0, 0.1) is 0 Å². The number of nitrogens with zero attached hydrogens (tertiary/aromatic N) is 1. The molecule has 2 heteroatoms. The van der Waals surface area contributed by atoms with Crippen molar-refractivity contribution in [1.29, 1.82) is 0 Å². The lowest BCUT2D eigenvalue weighted by molar-refractivity contribution is 0.751. The van der Waals surface area contributed by atoms with Gasteiger partial charge in [-0.15, -0.1) is 0 Å². The molecule has 1 aromatic heterocycles. The summed E-state index contributed by atoms with van der Waals surface area (Å²) in [5.74, 6) is 0.479.